The molecule has 0 radical (unpaired) electrons. The molecule has 2 heterocycles. The summed E-state index contributed by atoms with van der Waals surface area (Å²) < 4.78 is 15.0. The first-order chi connectivity index (χ1) is 13.5. The smallest absolute Gasteiger partial charge is 0.255 e. The minimum atomic E-state index is -0.301. The lowest BCUT2D eigenvalue weighted by molar-refractivity contribution is 0.0949. The molecule has 0 saturated heterocycles. The van der Waals surface area contributed by atoms with Gasteiger partial charge in [0.2, 0.25) is 0 Å². The lowest BCUT2D eigenvalue weighted by Gasteiger charge is -2.13. The Morgan fingerprint density at radius 2 is 1.90 bits per heavy atom. The Bertz CT molecular complexity index is 1010. The third-order valence-corrected chi connectivity index (χ3v) is 5.02. The molecule has 1 aliphatic heterocycles. The van der Waals surface area contributed by atoms with Crippen molar-refractivity contribution >= 4 is 18.3 Å². The molecular weight excluding hydrogens is 391 g/mol. The molecule has 2 N–H and O–H groups in total. The van der Waals surface area contributed by atoms with E-state index in [1.165, 1.54) is 23.3 Å². The van der Waals surface area contributed by atoms with Gasteiger partial charge in [0.1, 0.15) is 5.82 Å². The van der Waals surface area contributed by atoms with Gasteiger partial charge >= 0.3 is 0 Å². The van der Waals surface area contributed by atoms with Gasteiger partial charge in [0.05, 0.1) is 23.1 Å². The maximum Gasteiger partial charge on any atom is 0.255 e. The van der Waals surface area contributed by atoms with Crippen molar-refractivity contribution in [1.29, 1.82) is 0 Å². The third-order valence-electron chi connectivity index (χ3n) is 5.02. The van der Waals surface area contributed by atoms with Crippen molar-refractivity contribution in [2.75, 3.05) is 0 Å². The van der Waals surface area contributed by atoms with Crippen molar-refractivity contribution in [1.82, 2.24) is 20.4 Å². The topological polar surface area (TPSA) is 59.0 Å². The summed E-state index contributed by atoms with van der Waals surface area (Å²) in [5.41, 5.74) is 5.77. The van der Waals surface area contributed by atoms with E-state index in [9.17, 15) is 9.18 Å². The van der Waals surface area contributed by atoms with Crippen LogP contribution in [0.2, 0.25) is 0 Å². The molecule has 5 nitrogen and oxygen atoms in total. The second kappa shape index (κ2) is 8.76. The van der Waals surface area contributed by atoms with E-state index in [4.69, 9.17) is 0 Å². The van der Waals surface area contributed by atoms with Crippen LogP contribution >= 0.6 is 12.4 Å². The molecule has 0 aliphatic carbocycles. The molecule has 0 unspecified atom stereocenters. The molecule has 0 fully saturated rings. The molecule has 29 heavy (non-hydrogen) atoms. The van der Waals surface area contributed by atoms with Crippen molar-refractivity contribution in [3.63, 3.8) is 0 Å². The van der Waals surface area contributed by atoms with Crippen molar-refractivity contribution in [2.45, 2.75) is 39.4 Å². The Hall–Kier alpha value is -2.70. The molecule has 2 aromatic carbocycles. The van der Waals surface area contributed by atoms with Gasteiger partial charge in [-0.1, -0.05) is 32.0 Å². The lowest BCUT2D eigenvalue weighted by atomic mass is 10.0. The lowest BCUT2D eigenvalue weighted by Crippen LogP contribution is -2.24. The maximum absolute atomic E-state index is 13.2. The number of aromatic nitrogens is 2. The SMILES string of the molecule is CC(C)c1c(C(=O)NCc2ccc3c(c2)CNC3)cnn1-c1ccc(F)cc1.Cl. The summed E-state index contributed by atoms with van der Waals surface area (Å²) in [5, 5.41) is 10.7. The van der Waals surface area contributed by atoms with Crippen LogP contribution in [0.5, 0.6) is 0 Å². The molecule has 0 spiro atoms. The summed E-state index contributed by atoms with van der Waals surface area (Å²) in [7, 11) is 0. The highest BCUT2D eigenvalue weighted by Gasteiger charge is 2.21. The average molecular weight is 415 g/mol. The van der Waals surface area contributed by atoms with E-state index in [1.54, 1.807) is 23.0 Å². The van der Waals surface area contributed by atoms with Gasteiger partial charge in [-0.2, -0.15) is 5.10 Å². The normalized spacial score (nSPS) is 12.6. The minimum absolute atomic E-state index is 0. The largest absolute Gasteiger partial charge is 0.348 e. The van der Waals surface area contributed by atoms with Crippen LogP contribution in [0, 0.1) is 5.82 Å². The van der Waals surface area contributed by atoms with Gasteiger partial charge in [0, 0.05) is 19.6 Å². The number of carbonyl (C=O) groups is 1. The molecule has 3 aromatic rings. The van der Waals surface area contributed by atoms with E-state index in [0.29, 0.717) is 12.1 Å². The van der Waals surface area contributed by atoms with Crippen LogP contribution in [0.3, 0.4) is 0 Å². The number of nitrogens with one attached hydrogen (secondary N) is 2. The van der Waals surface area contributed by atoms with Crippen LogP contribution in [0.15, 0.2) is 48.7 Å². The fourth-order valence-corrected chi connectivity index (χ4v) is 3.61. The molecule has 7 heteroatoms. The second-order valence-corrected chi connectivity index (χ2v) is 7.38. The molecule has 1 aliphatic rings. The monoisotopic (exact) mass is 414 g/mol. The number of nitrogens with zero attached hydrogens (tertiary/aromatic N) is 2. The zero-order valence-electron chi connectivity index (χ0n) is 16.4. The van der Waals surface area contributed by atoms with E-state index in [-0.39, 0.29) is 30.0 Å². The Kier molecular flexibility index (Phi) is 6.35. The maximum atomic E-state index is 13.2. The number of halogens is 2. The predicted molar refractivity (Wildman–Crippen MR) is 113 cm³/mol. The number of fused-ring (bicyclic) bond motifs is 1. The first kappa shape index (κ1) is 21.0. The molecule has 1 amide bonds. The summed E-state index contributed by atoms with van der Waals surface area (Å²) in [5.74, 6) is -0.375. The first-order valence-corrected chi connectivity index (χ1v) is 9.46. The fourth-order valence-electron chi connectivity index (χ4n) is 3.61. The second-order valence-electron chi connectivity index (χ2n) is 7.38. The number of rotatable bonds is 5. The molecule has 152 valence electrons. The van der Waals surface area contributed by atoms with Gasteiger partial charge in [0.15, 0.2) is 0 Å². The third kappa shape index (κ3) is 4.33. The van der Waals surface area contributed by atoms with Gasteiger partial charge < -0.3 is 10.6 Å². The Morgan fingerprint density at radius 1 is 1.17 bits per heavy atom. The number of amides is 1. The van der Waals surface area contributed by atoms with Gasteiger partial charge in [-0.15, -0.1) is 12.4 Å². The molecule has 0 bridgehead atoms. The van der Waals surface area contributed by atoms with Crippen molar-refractivity contribution in [2.24, 2.45) is 0 Å². The zero-order chi connectivity index (χ0) is 19.7. The van der Waals surface area contributed by atoms with Gasteiger partial charge in [-0.25, -0.2) is 9.07 Å². The number of hydrogen-bond donors (Lipinski definition) is 2. The summed E-state index contributed by atoms with van der Waals surface area (Å²) >= 11 is 0. The minimum Gasteiger partial charge on any atom is -0.348 e. The Morgan fingerprint density at radius 3 is 2.62 bits per heavy atom. The Labute approximate surface area is 175 Å². The molecule has 4 rings (SSSR count). The van der Waals surface area contributed by atoms with Gasteiger partial charge in [-0.05, 0) is 46.9 Å². The van der Waals surface area contributed by atoms with E-state index < -0.39 is 0 Å². The van der Waals surface area contributed by atoms with Gasteiger partial charge in [-0.3, -0.25) is 4.79 Å². The van der Waals surface area contributed by atoms with Crippen LogP contribution in [0.1, 0.15) is 52.5 Å². The van der Waals surface area contributed by atoms with Crippen molar-refractivity contribution < 1.29 is 9.18 Å². The van der Waals surface area contributed by atoms with Crippen LogP contribution < -0.4 is 10.6 Å². The number of hydrogen-bond acceptors (Lipinski definition) is 3. The molecule has 0 saturated carbocycles. The van der Waals surface area contributed by atoms with Crippen molar-refractivity contribution in [3.05, 3.63) is 82.4 Å². The standard InChI is InChI=1S/C22H23FN4O.ClH/c1-14(2)21-20(13-26-27(21)19-7-5-18(23)6-8-19)22(28)25-10-15-3-4-16-11-24-12-17(16)9-15;/h3-9,13-14,24H,10-12H2,1-2H3,(H,25,28);1H. The number of carbonyl (C=O) groups excluding carboxylic acids is 1. The zero-order valence-corrected chi connectivity index (χ0v) is 17.2. The number of benzene rings is 2. The van der Waals surface area contributed by atoms with Crippen LogP contribution in [-0.2, 0) is 19.6 Å². The van der Waals surface area contributed by atoms with Crippen LogP contribution in [0.25, 0.3) is 5.69 Å². The van der Waals surface area contributed by atoms with E-state index in [1.807, 2.05) is 13.8 Å². The quantitative estimate of drug-likeness (QED) is 0.661. The van der Waals surface area contributed by atoms with E-state index >= 15 is 0 Å². The summed E-state index contributed by atoms with van der Waals surface area (Å²) in [6.45, 7) is 6.27. The summed E-state index contributed by atoms with van der Waals surface area (Å²) in [4.78, 5) is 12.8. The molecule has 0 atom stereocenters. The summed E-state index contributed by atoms with van der Waals surface area (Å²) in [6, 6.07) is 12.4. The highest BCUT2D eigenvalue weighted by molar-refractivity contribution is 5.95. The Balaban J connectivity index is 0.00000240. The molecule has 1 aromatic heterocycles. The highest BCUT2D eigenvalue weighted by Crippen LogP contribution is 2.23. The average Bonchev–Trinajstić information content (AvgIpc) is 3.33. The van der Waals surface area contributed by atoms with E-state index in [0.717, 1.165) is 30.0 Å². The fraction of sp³-hybridized carbons (Fsp3) is 0.273. The first-order valence-electron chi connectivity index (χ1n) is 9.46. The van der Waals surface area contributed by atoms with Crippen LogP contribution in [-0.4, -0.2) is 15.7 Å². The van der Waals surface area contributed by atoms with E-state index in [2.05, 4.69) is 33.9 Å². The summed E-state index contributed by atoms with van der Waals surface area (Å²) in [6.07, 6.45) is 1.58. The van der Waals surface area contributed by atoms with Gasteiger partial charge in [0.25, 0.3) is 5.91 Å². The highest BCUT2D eigenvalue weighted by atomic mass is 35.5. The predicted octanol–water partition coefficient (Wildman–Crippen LogP) is 4.09. The van der Waals surface area contributed by atoms with Crippen LogP contribution in [0.4, 0.5) is 4.39 Å². The molecular formula is C22H24ClFN4O. The van der Waals surface area contributed by atoms with Crippen molar-refractivity contribution in [3.8, 4) is 5.69 Å².